The number of hydrogen-bond acceptors (Lipinski definition) is 1. The van der Waals surface area contributed by atoms with Gasteiger partial charge in [0.2, 0.25) is 0 Å². The van der Waals surface area contributed by atoms with Crippen LogP contribution in [0.1, 0.15) is 16.8 Å². The summed E-state index contributed by atoms with van der Waals surface area (Å²) in [5, 5.41) is 5.61. The van der Waals surface area contributed by atoms with Gasteiger partial charge in [-0.3, -0.25) is 0 Å². The Morgan fingerprint density at radius 3 is 2.56 bits per heavy atom. The lowest BCUT2D eigenvalue weighted by Gasteiger charge is -2.12. The summed E-state index contributed by atoms with van der Waals surface area (Å²) in [6.07, 6.45) is 1.88. The number of nitrogens with one attached hydrogen (secondary N) is 2. The fourth-order valence-electron chi connectivity index (χ4n) is 2.56. The molecular formula is C20H20FN3O. The Bertz CT molecular complexity index is 855. The topological polar surface area (TPSA) is 46.1 Å². The van der Waals surface area contributed by atoms with Crippen molar-refractivity contribution in [1.29, 1.82) is 0 Å². The van der Waals surface area contributed by atoms with Gasteiger partial charge in [-0.1, -0.05) is 35.9 Å². The van der Waals surface area contributed by atoms with Crippen molar-refractivity contribution in [3.63, 3.8) is 0 Å². The van der Waals surface area contributed by atoms with E-state index < -0.39 is 0 Å². The molecule has 1 aromatic heterocycles. The first kappa shape index (κ1) is 16.8. The summed E-state index contributed by atoms with van der Waals surface area (Å²) in [5.41, 5.74) is 3.40. The van der Waals surface area contributed by atoms with Crippen LogP contribution < -0.4 is 10.6 Å². The summed E-state index contributed by atoms with van der Waals surface area (Å²) in [5.74, 6) is -0.229. The quantitative estimate of drug-likeness (QED) is 0.716. The zero-order valence-electron chi connectivity index (χ0n) is 14.0. The lowest BCUT2D eigenvalue weighted by molar-refractivity contribution is 0.251. The molecule has 0 saturated heterocycles. The summed E-state index contributed by atoms with van der Waals surface area (Å²) in [4.78, 5) is 12.0. The van der Waals surface area contributed by atoms with Crippen molar-refractivity contribution < 1.29 is 9.18 Å². The van der Waals surface area contributed by atoms with Gasteiger partial charge in [0, 0.05) is 23.1 Å². The van der Waals surface area contributed by atoms with E-state index in [4.69, 9.17) is 0 Å². The molecule has 2 aromatic carbocycles. The molecule has 128 valence electrons. The number of amides is 2. The molecule has 3 rings (SSSR count). The highest BCUT2D eigenvalue weighted by Crippen LogP contribution is 2.12. The third-order valence-corrected chi connectivity index (χ3v) is 3.96. The van der Waals surface area contributed by atoms with E-state index in [1.54, 1.807) is 12.1 Å². The Morgan fingerprint density at radius 2 is 1.80 bits per heavy atom. The summed E-state index contributed by atoms with van der Waals surface area (Å²) in [6, 6.07) is 17.8. The zero-order chi connectivity index (χ0) is 17.6. The number of aryl methyl sites for hydroxylation is 1. The van der Waals surface area contributed by atoms with Gasteiger partial charge in [0.1, 0.15) is 5.82 Å². The molecule has 0 saturated carbocycles. The van der Waals surface area contributed by atoms with Crippen LogP contribution in [0.25, 0.3) is 0 Å². The van der Waals surface area contributed by atoms with Gasteiger partial charge in [0.15, 0.2) is 0 Å². The van der Waals surface area contributed by atoms with Crippen molar-refractivity contribution in [2.24, 2.45) is 0 Å². The first-order valence-electron chi connectivity index (χ1n) is 8.11. The number of carbonyl (C=O) groups is 1. The highest BCUT2D eigenvalue weighted by molar-refractivity contribution is 5.89. The van der Waals surface area contributed by atoms with Crippen LogP contribution in [0.15, 0.2) is 66.9 Å². The molecule has 0 fully saturated rings. The van der Waals surface area contributed by atoms with E-state index in [0.717, 1.165) is 16.9 Å². The minimum atomic E-state index is -0.275. The molecule has 0 bridgehead atoms. The largest absolute Gasteiger partial charge is 0.345 e. The molecule has 2 N–H and O–H groups in total. The SMILES string of the molecule is Cc1ccc(NC(=O)NCc2cccn2Cc2ccccc2F)cc1. The monoisotopic (exact) mass is 337 g/mol. The van der Waals surface area contributed by atoms with Gasteiger partial charge >= 0.3 is 6.03 Å². The van der Waals surface area contributed by atoms with Gasteiger partial charge in [-0.15, -0.1) is 0 Å². The van der Waals surface area contributed by atoms with Gasteiger partial charge in [0.25, 0.3) is 0 Å². The molecule has 5 heteroatoms. The van der Waals surface area contributed by atoms with Crippen molar-refractivity contribution in [3.8, 4) is 0 Å². The Kier molecular flexibility index (Phi) is 5.14. The molecular weight excluding hydrogens is 317 g/mol. The van der Waals surface area contributed by atoms with Crippen LogP contribution in [0.5, 0.6) is 0 Å². The van der Waals surface area contributed by atoms with Crippen molar-refractivity contribution in [3.05, 3.63) is 89.5 Å². The van der Waals surface area contributed by atoms with Crippen molar-refractivity contribution in [2.75, 3.05) is 5.32 Å². The molecule has 0 unspecified atom stereocenters. The first-order chi connectivity index (χ1) is 12.1. The second-order valence-corrected chi connectivity index (χ2v) is 5.89. The van der Waals surface area contributed by atoms with E-state index in [0.29, 0.717) is 18.7 Å². The van der Waals surface area contributed by atoms with Gasteiger partial charge in [0.05, 0.1) is 13.1 Å². The smallest absolute Gasteiger partial charge is 0.319 e. The predicted octanol–water partition coefficient (Wildman–Crippen LogP) is 4.31. The fourth-order valence-corrected chi connectivity index (χ4v) is 2.56. The van der Waals surface area contributed by atoms with Gasteiger partial charge in [-0.05, 0) is 37.3 Å². The van der Waals surface area contributed by atoms with E-state index in [1.807, 2.05) is 60.2 Å². The van der Waals surface area contributed by atoms with Gasteiger partial charge in [-0.25, -0.2) is 9.18 Å². The second kappa shape index (κ2) is 7.66. The van der Waals surface area contributed by atoms with Crippen molar-refractivity contribution >= 4 is 11.7 Å². The first-order valence-corrected chi connectivity index (χ1v) is 8.11. The van der Waals surface area contributed by atoms with Crippen LogP contribution >= 0.6 is 0 Å². The summed E-state index contributed by atoms with van der Waals surface area (Å²) in [7, 11) is 0. The predicted molar refractivity (Wildman–Crippen MR) is 97.0 cm³/mol. The van der Waals surface area contributed by atoms with E-state index in [9.17, 15) is 9.18 Å². The van der Waals surface area contributed by atoms with Crippen LogP contribution in [0.2, 0.25) is 0 Å². The lowest BCUT2D eigenvalue weighted by Crippen LogP contribution is -2.29. The average molecular weight is 337 g/mol. The molecule has 0 aliphatic carbocycles. The summed E-state index contributed by atoms with van der Waals surface area (Å²) in [6.45, 7) is 2.78. The Morgan fingerprint density at radius 1 is 1.04 bits per heavy atom. The van der Waals surface area contributed by atoms with Crippen molar-refractivity contribution in [2.45, 2.75) is 20.0 Å². The number of hydrogen-bond donors (Lipinski definition) is 2. The minimum Gasteiger partial charge on any atom is -0.345 e. The standard InChI is InChI=1S/C20H20FN3O/c1-15-8-10-17(11-9-15)23-20(25)22-13-18-6-4-12-24(18)14-16-5-2-3-7-19(16)21/h2-12H,13-14H2,1H3,(H2,22,23,25). The number of halogens is 1. The number of anilines is 1. The van der Waals surface area contributed by atoms with Crippen LogP contribution in [0, 0.1) is 12.7 Å². The third kappa shape index (κ3) is 4.47. The number of nitrogens with zero attached hydrogens (tertiary/aromatic N) is 1. The van der Waals surface area contributed by atoms with Crippen molar-refractivity contribution in [1.82, 2.24) is 9.88 Å². The molecule has 1 heterocycles. The van der Waals surface area contributed by atoms with E-state index >= 15 is 0 Å². The van der Waals surface area contributed by atoms with E-state index in [2.05, 4.69) is 10.6 Å². The molecule has 0 spiro atoms. The van der Waals surface area contributed by atoms with Crippen LogP contribution in [0.4, 0.5) is 14.9 Å². The third-order valence-electron chi connectivity index (χ3n) is 3.96. The van der Waals surface area contributed by atoms with E-state index in [-0.39, 0.29) is 11.8 Å². The zero-order valence-corrected chi connectivity index (χ0v) is 14.0. The Balaban J connectivity index is 1.59. The highest BCUT2D eigenvalue weighted by atomic mass is 19.1. The second-order valence-electron chi connectivity index (χ2n) is 5.89. The number of rotatable bonds is 5. The molecule has 3 aromatic rings. The maximum Gasteiger partial charge on any atom is 0.319 e. The number of urea groups is 1. The van der Waals surface area contributed by atoms with Crippen LogP contribution in [-0.4, -0.2) is 10.6 Å². The molecule has 0 radical (unpaired) electrons. The lowest BCUT2D eigenvalue weighted by atomic mass is 10.2. The molecule has 2 amide bonds. The fraction of sp³-hybridized carbons (Fsp3) is 0.150. The Hall–Kier alpha value is -3.08. The summed E-state index contributed by atoms with van der Waals surface area (Å²) < 4.78 is 15.7. The molecule has 4 nitrogen and oxygen atoms in total. The van der Waals surface area contributed by atoms with Crippen LogP contribution in [-0.2, 0) is 13.1 Å². The van der Waals surface area contributed by atoms with Gasteiger partial charge in [-0.2, -0.15) is 0 Å². The molecule has 0 aliphatic rings. The maximum atomic E-state index is 13.8. The number of carbonyl (C=O) groups excluding carboxylic acids is 1. The summed E-state index contributed by atoms with van der Waals surface area (Å²) >= 11 is 0. The average Bonchev–Trinajstić information content (AvgIpc) is 3.04. The number of benzene rings is 2. The maximum absolute atomic E-state index is 13.8. The molecule has 25 heavy (non-hydrogen) atoms. The number of aromatic nitrogens is 1. The highest BCUT2D eigenvalue weighted by Gasteiger charge is 2.07. The minimum absolute atomic E-state index is 0.229. The van der Waals surface area contributed by atoms with Gasteiger partial charge < -0.3 is 15.2 Å². The molecule has 0 atom stereocenters. The van der Waals surface area contributed by atoms with Crippen LogP contribution in [0.3, 0.4) is 0 Å². The molecule has 0 aliphatic heterocycles. The van der Waals surface area contributed by atoms with E-state index in [1.165, 1.54) is 6.07 Å². The Labute approximate surface area is 146 Å². The normalized spacial score (nSPS) is 10.5.